The van der Waals surface area contributed by atoms with E-state index in [0.717, 1.165) is 17.5 Å². The van der Waals surface area contributed by atoms with Crippen molar-refractivity contribution in [1.82, 2.24) is 20.3 Å². The van der Waals surface area contributed by atoms with Gasteiger partial charge in [-0.05, 0) is 75.0 Å². The molecule has 2 aromatic carbocycles. The van der Waals surface area contributed by atoms with Gasteiger partial charge in [-0.2, -0.15) is 0 Å². The molecule has 3 N–H and O–H groups in total. The monoisotopic (exact) mass is 796 g/mol. The number of benzene rings is 2. The Hall–Kier alpha value is -4.04. The standard InChI is InChI=1S/C41H56N4O8S2/c1-9-11-23-54(50)40(30-19-17-28(18-20-30)27-15-13-12-14-16-27)25-32(45(26-40)35(47)33(38(3,4)5)42-37(49)53-39(6,7)8)34(46)43-41(24-29(41)10-2)36(48)44-55(51,52)31-21-22-31/h10,12-20,29,31-33H,2,9,11,21-26H2,1,3-8H3,(H,42,49)(H,43,46)(H,44,48)/t29-,32+,33-,40+,41-,54-/m1/s1. The molecule has 0 aromatic heterocycles. The molecule has 300 valence electrons. The van der Waals surface area contributed by atoms with E-state index in [1.54, 1.807) is 41.5 Å². The number of ether oxygens (including phenoxy) is 1. The summed E-state index contributed by atoms with van der Waals surface area (Å²) in [7, 11) is -5.52. The van der Waals surface area contributed by atoms with Crippen LogP contribution in [0.15, 0.2) is 67.3 Å². The maximum absolute atomic E-state index is 14.9. The Labute approximate surface area is 328 Å². The zero-order valence-electron chi connectivity index (χ0n) is 33.0. The number of sulfonamides is 1. The first-order chi connectivity index (χ1) is 25.7. The summed E-state index contributed by atoms with van der Waals surface area (Å²) in [6.45, 7) is 16.2. The van der Waals surface area contributed by atoms with E-state index in [1.165, 1.54) is 11.0 Å². The molecule has 3 aliphatic rings. The minimum absolute atomic E-state index is 0.0499. The van der Waals surface area contributed by atoms with E-state index in [2.05, 4.69) is 21.9 Å². The van der Waals surface area contributed by atoms with Crippen molar-refractivity contribution in [3.63, 3.8) is 0 Å². The molecule has 2 aliphatic carbocycles. The molecule has 0 radical (unpaired) electrons. The van der Waals surface area contributed by atoms with Crippen molar-refractivity contribution in [2.24, 2.45) is 11.3 Å². The Morgan fingerprint density at radius 1 is 0.982 bits per heavy atom. The Morgan fingerprint density at radius 2 is 1.60 bits per heavy atom. The smallest absolute Gasteiger partial charge is 0.408 e. The van der Waals surface area contributed by atoms with Crippen LogP contribution in [0.4, 0.5) is 4.79 Å². The minimum Gasteiger partial charge on any atom is -0.444 e. The van der Waals surface area contributed by atoms with E-state index in [9.17, 15) is 31.8 Å². The number of hydrogen-bond donors (Lipinski definition) is 3. The number of carbonyl (C=O) groups excluding carboxylic acids is 4. The van der Waals surface area contributed by atoms with Gasteiger partial charge in [0.2, 0.25) is 21.8 Å². The van der Waals surface area contributed by atoms with Crippen LogP contribution in [0.25, 0.3) is 11.1 Å². The molecule has 0 unspecified atom stereocenters. The van der Waals surface area contributed by atoms with Crippen molar-refractivity contribution in [3.8, 4) is 11.1 Å². The van der Waals surface area contributed by atoms with Crippen LogP contribution in [0.3, 0.4) is 0 Å². The van der Waals surface area contributed by atoms with Crippen LogP contribution < -0.4 is 15.4 Å². The number of likely N-dealkylation sites (tertiary alicyclic amines) is 1. The van der Waals surface area contributed by atoms with Crippen molar-refractivity contribution in [2.75, 3.05) is 12.3 Å². The highest BCUT2D eigenvalue weighted by Crippen LogP contribution is 2.47. The van der Waals surface area contributed by atoms with Gasteiger partial charge in [0.15, 0.2) is 0 Å². The average molecular weight is 797 g/mol. The van der Waals surface area contributed by atoms with Crippen LogP contribution in [0.1, 0.15) is 92.6 Å². The first-order valence-electron chi connectivity index (χ1n) is 19.0. The molecule has 55 heavy (non-hydrogen) atoms. The van der Waals surface area contributed by atoms with Crippen molar-refractivity contribution in [1.29, 1.82) is 0 Å². The molecule has 2 aromatic rings. The van der Waals surface area contributed by atoms with Gasteiger partial charge in [0.05, 0.1) is 10.00 Å². The van der Waals surface area contributed by atoms with Crippen molar-refractivity contribution in [3.05, 3.63) is 72.8 Å². The van der Waals surface area contributed by atoms with Gasteiger partial charge in [-0.15, -0.1) is 6.58 Å². The minimum atomic E-state index is -3.93. The van der Waals surface area contributed by atoms with E-state index in [1.807, 2.05) is 61.5 Å². The lowest BCUT2D eigenvalue weighted by Crippen LogP contribution is -2.60. The normalized spacial score (nSPS) is 25.0. The van der Waals surface area contributed by atoms with Gasteiger partial charge in [-0.25, -0.2) is 13.2 Å². The van der Waals surface area contributed by atoms with Crippen molar-refractivity contribution < 1.29 is 36.5 Å². The van der Waals surface area contributed by atoms with E-state index in [4.69, 9.17) is 4.74 Å². The van der Waals surface area contributed by atoms with Gasteiger partial charge in [-0.1, -0.05) is 94.8 Å². The van der Waals surface area contributed by atoms with Gasteiger partial charge in [0.25, 0.3) is 5.91 Å². The molecule has 5 rings (SSSR count). The summed E-state index contributed by atoms with van der Waals surface area (Å²) >= 11 is 0. The highest BCUT2D eigenvalue weighted by atomic mass is 32.2. The molecular weight excluding hydrogens is 741 g/mol. The quantitative estimate of drug-likeness (QED) is 0.217. The van der Waals surface area contributed by atoms with Gasteiger partial charge in [-0.3, -0.25) is 23.3 Å². The molecule has 6 atom stereocenters. The lowest BCUT2D eigenvalue weighted by Gasteiger charge is -2.36. The fourth-order valence-corrected chi connectivity index (χ4v) is 10.5. The maximum atomic E-state index is 14.9. The molecule has 1 aliphatic heterocycles. The van der Waals surface area contributed by atoms with Crippen LogP contribution in [-0.4, -0.2) is 82.1 Å². The fourth-order valence-electron chi connectivity index (χ4n) is 7.17. The third kappa shape index (κ3) is 9.33. The predicted octanol–water partition coefficient (Wildman–Crippen LogP) is 5.31. The first-order valence-corrected chi connectivity index (χ1v) is 21.9. The van der Waals surface area contributed by atoms with Gasteiger partial charge >= 0.3 is 6.09 Å². The zero-order chi connectivity index (χ0) is 40.6. The topological polar surface area (TPSA) is 168 Å². The van der Waals surface area contributed by atoms with E-state index in [0.29, 0.717) is 30.6 Å². The lowest BCUT2D eigenvalue weighted by molar-refractivity contribution is -0.143. The number of unbranched alkanes of at least 4 members (excludes halogenated alkanes) is 1. The molecule has 0 spiro atoms. The Morgan fingerprint density at radius 3 is 2.13 bits per heavy atom. The highest BCUT2D eigenvalue weighted by Gasteiger charge is 2.63. The summed E-state index contributed by atoms with van der Waals surface area (Å²) in [6.07, 6.45) is 3.07. The molecule has 1 saturated heterocycles. The van der Waals surface area contributed by atoms with Gasteiger partial charge < -0.3 is 20.3 Å². The molecule has 12 nitrogen and oxygen atoms in total. The first kappa shape index (κ1) is 42.1. The third-order valence-corrected chi connectivity index (χ3v) is 14.5. The second-order valence-corrected chi connectivity index (χ2v) is 21.0. The van der Waals surface area contributed by atoms with Crippen LogP contribution in [0.2, 0.25) is 0 Å². The average Bonchev–Trinajstić information content (AvgIpc) is 4.05. The lowest BCUT2D eigenvalue weighted by atomic mass is 9.85. The van der Waals surface area contributed by atoms with Crippen LogP contribution >= 0.6 is 0 Å². The van der Waals surface area contributed by atoms with Crippen LogP contribution in [0.5, 0.6) is 0 Å². The number of nitrogens with one attached hydrogen (secondary N) is 3. The molecule has 1 heterocycles. The van der Waals surface area contributed by atoms with E-state index in [-0.39, 0.29) is 19.4 Å². The summed E-state index contributed by atoms with van der Waals surface area (Å²) in [6, 6.07) is 15.0. The molecular formula is C41H56N4O8S2. The van der Waals surface area contributed by atoms with Crippen LogP contribution in [0, 0.1) is 11.3 Å². The second kappa shape index (κ2) is 15.8. The number of nitrogens with zero attached hydrogens (tertiary/aromatic N) is 1. The summed E-state index contributed by atoms with van der Waals surface area (Å²) in [5, 5.41) is 4.92. The molecule has 4 amide bonds. The second-order valence-electron chi connectivity index (χ2n) is 17.2. The molecule has 0 bridgehead atoms. The summed E-state index contributed by atoms with van der Waals surface area (Å²) in [5.41, 5.74) is -0.701. The van der Waals surface area contributed by atoms with Crippen molar-refractivity contribution in [2.45, 2.75) is 120 Å². The van der Waals surface area contributed by atoms with E-state index < -0.39 is 89.2 Å². The predicted molar refractivity (Wildman–Crippen MR) is 213 cm³/mol. The number of hydrogen-bond acceptors (Lipinski definition) is 8. The van der Waals surface area contributed by atoms with Gasteiger partial charge in [0, 0.05) is 29.0 Å². The maximum Gasteiger partial charge on any atom is 0.408 e. The highest BCUT2D eigenvalue weighted by molar-refractivity contribution is 7.91. The summed E-state index contributed by atoms with van der Waals surface area (Å²) in [5.74, 6) is -2.38. The Bertz CT molecular complexity index is 1920. The third-order valence-electron chi connectivity index (χ3n) is 10.6. The largest absolute Gasteiger partial charge is 0.444 e. The molecule has 2 saturated carbocycles. The Kier molecular flexibility index (Phi) is 12.1. The van der Waals surface area contributed by atoms with Gasteiger partial charge in [0.1, 0.15) is 23.2 Å². The zero-order valence-corrected chi connectivity index (χ0v) is 34.6. The molecule has 14 heteroatoms. The van der Waals surface area contributed by atoms with Crippen LogP contribution in [-0.2, 0) is 44.7 Å². The molecule has 3 fully saturated rings. The Balaban J connectivity index is 1.57. The number of alkyl carbamates (subject to hydrolysis) is 1. The SMILES string of the molecule is C=C[C@@H]1C[C@]1(NC(=O)[C@@H]1C[C@](c2ccc(-c3ccccc3)cc2)([S@](=O)CCCC)CN1C(=O)[C@@H](NC(=O)OC(C)(C)C)C(C)(C)C)C(=O)NS(=O)(=O)C1CC1. The number of rotatable bonds is 14. The number of amides is 4. The summed E-state index contributed by atoms with van der Waals surface area (Å²) < 4.78 is 46.8. The van der Waals surface area contributed by atoms with E-state index >= 15 is 0 Å². The van der Waals surface area contributed by atoms with Crippen molar-refractivity contribution >= 4 is 44.6 Å². The number of carbonyl (C=O) groups is 4. The fraction of sp³-hybridized carbons (Fsp3) is 0.561. The summed E-state index contributed by atoms with van der Waals surface area (Å²) in [4.78, 5) is 57.8.